The minimum Gasteiger partial charge on any atom is -0.335 e. The van der Waals surface area contributed by atoms with E-state index in [-0.39, 0.29) is 11.8 Å². The number of carbonyl (C=O) groups excluding carboxylic acids is 1. The third kappa shape index (κ3) is 2.55. The first kappa shape index (κ1) is 13.9. The first-order valence-corrected chi connectivity index (χ1v) is 8.47. The Morgan fingerprint density at radius 1 is 1.45 bits per heavy atom. The number of aromatic nitrogens is 3. The van der Waals surface area contributed by atoms with Crippen molar-refractivity contribution in [2.45, 2.75) is 32.4 Å². The van der Waals surface area contributed by atoms with Crippen molar-refractivity contribution in [3.8, 4) is 0 Å². The summed E-state index contributed by atoms with van der Waals surface area (Å²) in [6.45, 7) is 2.84. The maximum Gasteiger partial charge on any atom is 0.229 e. The first-order valence-electron chi connectivity index (χ1n) is 7.66. The van der Waals surface area contributed by atoms with Crippen LogP contribution in [-0.4, -0.2) is 38.9 Å². The molecule has 0 aliphatic carbocycles. The van der Waals surface area contributed by atoms with Crippen molar-refractivity contribution >= 4 is 22.4 Å². The molecule has 1 amide bonds. The predicted octanol–water partition coefficient (Wildman–Crippen LogP) is 1.53. The van der Waals surface area contributed by atoms with Gasteiger partial charge in [-0.3, -0.25) is 4.79 Å². The number of amides is 1. The Hall–Kier alpha value is -1.73. The summed E-state index contributed by atoms with van der Waals surface area (Å²) < 4.78 is 2.13. The molecule has 1 unspecified atom stereocenters. The number of hydrogen-bond acceptors (Lipinski definition) is 5. The summed E-state index contributed by atoms with van der Waals surface area (Å²) in [4.78, 5) is 24.8. The quantitative estimate of drug-likeness (QED) is 0.912. The van der Waals surface area contributed by atoms with Crippen molar-refractivity contribution in [2.75, 3.05) is 18.9 Å². The minimum atomic E-state index is 0.0211. The van der Waals surface area contributed by atoms with Crippen LogP contribution in [0.3, 0.4) is 0 Å². The zero-order valence-corrected chi connectivity index (χ0v) is 13.4. The molecule has 1 atom stereocenters. The number of imidazole rings is 1. The Labute approximate surface area is 133 Å². The van der Waals surface area contributed by atoms with Crippen molar-refractivity contribution in [1.82, 2.24) is 19.4 Å². The molecular weight excluding hydrogens is 298 g/mol. The standard InChI is InChI=1S/C15H19N5OS/c1-19-4-3-12-13(8-19)22-15(17-12)18-14(21)10-2-5-20-9-16-7-11(20)6-10/h7,9-10H,2-6,8H2,1H3,(H,17,18,21). The van der Waals surface area contributed by atoms with E-state index in [1.165, 1.54) is 4.88 Å². The zero-order chi connectivity index (χ0) is 15.1. The van der Waals surface area contributed by atoms with Crippen LogP contribution in [0.25, 0.3) is 0 Å². The van der Waals surface area contributed by atoms with Gasteiger partial charge < -0.3 is 14.8 Å². The molecule has 4 heterocycles. The molecule has 0 fully saturated rings. The highest BCUT2D eigenvalue weighted by atomic mass is 32.1. The second-order valence-corrected chi connectivity index (χ2v) is 7.22. The molecule has 116 valence electrons. The molecule has 0 aromatic carbocycles. The highest BCUT2D eigenvalue weighted by molar-refractivity contribution is 7.15. The van der Waals surface area contributed by atoms with Crippen LogP contribution in [0.4, 0.5) is 5.13 Å². The number of likely N-dealkylation sites (N-methyl/N-ethyl adjacent to an activating group) is 1. The summed E-state index contributed by atoms with van der Waals surface area (Å²) in [5.41, 5.74) is 2.30. The number of rotatable bonds is 2. The maximum atomic E-state index is 12.5. The molecule has 2 aromatic heterocycles. The average molecular weight is 317 g/mol. The Bertz CT molecular complexity index is 707. The molecule has 7 heteroatoms. The first-order chi connectivity index (χ1) is 10.7. The monoisotopic (exact) mass is 317 g/mol. The molecule has 0 bridgehead atoms. The van der Waals surface area contributed by atoms with Crippen LogP contribution < -0.4 is 5.32 Å². The van der Waals surface area contributed by atoms with E-state index in [1.54, 1.807) is 11.3 Å². The van der Waals surface area contributed by atoms with Crippen molar-refractivity contribution in [2.24, 2.45) is 5.92 Å². The van der Waals surface area contributed by atoms with Gasteiger partial charge in [-0.15, -0.1) is 11.3 Å². The van der Waals surface area contributed by atoms with Gasteiger partial charge >= 0.3 is 0 Å². The van der Waals surface area contributed by atoms with E-state index in [2.05, 4.69) is 31.8 Å². The van der Waals surface area contributed by atoms with Crippen molar-refractivity contribution in [3.05, 3.63) is 28.8 Å². The SMILES string of the molecule is CN1CCc2nc(NC(=O)C3CCn4cncc4C3)sc2C1. The summed E-state index contributed by atoms with van der Waals surface area (Å²) in [6.07, 6.45) is 6.30. The van der Waals surface area contributed by atoms with Crippen LogP contribution in [0.1, 0.15) is 22.7 Å². The van der Waals surface area contributed by atoms with Gasteiger partial charge in [-0.25, -0.2) is 9.97 Å². The lowest BCUT2D eigenvalue weighted by Gasteiger charge is -2.22. The van der Waals surface area contributed by atoms with Crippen LogP contribution in [-0.2, 0) is 30.7 Å². The third-order valence-corrected chi connectivity index (χ3v) is 5.49. The van der Waals surface area contributed by atoms with E-state index in [0.717, 1.165) is 55.4 Å². The molecule has 0 spiro atoms. The lowest BCUT2D eigenvalue weighted by atomic mass is 9.95. The van der Waals surface area contributed by atoms with E-state index in [1.807, 2.05) is 12.5 Å². The fraction of sp³-hybridized carbons (Fsp3) is 0.533. The molecular formula is C15H19N5OS. The number of aryl methyl sites for hydroxylation is 1. The number of anilines is 1. The zero-order valence-electron chi connectivity index (χ0n) is 12.6. The van der Waals surface area contributed by atoms with Gasteiger partial charge in [-0.05, 0) is 13.5 Å². The third-order valence-electron chi connectivity index (χ3n) is 4.50. The lowest BCUT2D eigenvalue weighted by molar-refractivity contribution is -0.120. The van der Waals surface area contributed by atoms with Crippen LogP contribution in [0.5, 0.6) is 0 Å². The fourth-order valence-corrected chi connectivity index (χ4v) is 4.27. The summed E-state index contributed by atoms with van der Waals surface area (Å²) in [5.74, 6) is 0.111. The number of hydrogen-bond donors (Lipinski definition) is 1. The summed E-state index contributed by atoms with van der Waals surface area (Å²) in [7, 11) is 2.12. The van der Waals surface area contributed by atoms with Gasteiger partial charge in [0.25, 0.3) is 0 Å². The Kier molecular flexibility index (Phi) is 3.46. The number of fused-ring (bicyclic) bond motifs is 2. The van der Waals surface area contributed by atoms with Gasteiger partial charge in [0.2, 0.25) is 5.91 Å². The smallest absolute Gasteiger partial charge is 0.229 e. The average Bonchev–Trinajstić information content (AvgIpc) is 3.11. The highest BCUT2D eigenvalue weighted by Crippen LogP contribution is 2.29. The van der Waals surface area contributed by atoms with Gasteiger partial charge in [-0.2, -0.15) is 0 Å². The second kappa shape index (κ2) is 5.48. The second-order valence-electron chi connectivity index (χ2n) is 6.13. The number of nitrogens with zero attached hydrogens (tertiary/aromatic N) is 4. The molecule has 4 rings (SSSR count). The van der Waals surface area contributed by atoms with Gasteiger partial charge in [0, 0.05) is 55.2 Å². The molecule has 0 radical (unpaired) electrons. The number of nitrogens with one attached hydrogen (secondary N) is 1. The topological polar surface area (TPSA) is 63.1 Å². The lowest BCUT2D eigenvalue weighted by Crippen LogP contribution is -2.29. The number of thiazole rings is 1. The maximum absolute atomic E-state index is 12.5. The van der Waals surface area contributed by atoms with Crippen molar-refractivity contribution < 1.29 is 4.79 Å². The summed E-state index contributed by atoms with van der Waals surface area (Å²) >= 11 is 1.62. The highest BCUT2D eigenvalue weighted by Gasteiger charge is 2.26. The van der Waals surface area contributed by atoms with Gasteiger partial charge in [0.05, 0.1) is 12.0 Å². The molecule has 1 N–H and O–H groups in total. The molecule has 6 nitrogen and oxygen atoms in total. The predicted molar refractivity (Wildman–Crippen MR) is 84.8 cm³/mol. The van der Waals surface area contributed by atoms with E-state index in [9.17, 15) is 4.79 Å². The Morgan fingerprint density at radius 3 is 3.27 bits per heavy atom. The van der Waals surface area contributed by atoms with Crippen molar-refractivity contribution in [1.29, 1.82) is 0 Å². The summed E-state index contributed by atoms with van der Waals surface area (Å²) in [5, 5.41) is 3.78. The summed E-state index contributed by atoms with van der Waals surface area (Å²) in [6, 6.07) is 0. The van der Waals surface area contributed by atoms with Crippen LogP contribution in [0.2, 0.25) is 0 Å². The van der Waals surface area contributed by atoms with Gasteiger partial charge in [0.1, 0.15) is 0 Å². The normalized spacial score (nSPS) is 21.2. The fourth-order valence-electron chi connectivity index (χ4n) is 3.18. The largest absolute Gasteiger partial charge is 0.335 e. The van der Waals surface area contributed by atoms with Crippen LogP contribution >= 0.6 is 11.3 Å². The molecule has 0 saturated heterocycles. The van der Waals surface area contributed by atoms with Gasteiger partial charge in [-0.1, -0.05) is 0 Å². The van der Waals surface area contributed by atoms with Crippen LogP contribution in [0, 0.1) is 5.92 Å². The Balaban J connectivity index is 1.44. The minimum absolute atomic E-state index is 0.0211. The van der Waals surface area contributed by atoms with Crippen molar-refractivity contribution in [3.63, 3.8) is 0 Å². The Morgan fingerprint density at radius 2 is 2.36 bits per heavy atom. The number of carbonyl (C=O) groups is 1. The van der Waals surface area contributed by atoms with Gasteiger partial charge in [0.15, 0.2) is 5.13 Å². The van der Waals surface area contributed by atoms with E-state index in [4.69, 9.17) is 0 Å². The van der Waals surface area contributed by atoms with Crippen LogP contribution in [0.15, 0.2) is 12.5 Å². The van der Waals surface area contributed by atoms with E-state index < -0.39 is 0 Å². The molecule has 2 aliphatic rings. The molecule has 2 aromatic rings. The molecule has 0 saturated carbocycles. The van der Waals surface area contributed by atoms with E-state index >= 15 is 0 Å². The molecule has 2 aliphatic heterocycles. The van der Waals surface area contributed by atoms with E-state index in [0.29, 0.717) is 0 Å². The molecule has 22 heavy (non-hydrogen) atoms.